The molecule has 7 nitrogen and oxygen atoms in total. The standard InChI is InChI=1S/C35H29BrF2N6O/c1-43(21-13-15-22(16-14-21)44-19-31(41-42-44)27-17-28(37)32(36)33(38)34(27)39)35(45)26-18-30(40-29-12-5-4-10-25(26)29)24-11-6-8-20-7-2-3-9-23(20)24/h2-12,17-19,21-22H,13-16,39H2,1H3. The molecule has 0 atom stereocenters. The fourth-order valence-corrected chi connectivity index (χ4v) is 6.73. The molecule has 6 aromatic rings. The largest absolute Gasteiger partial charge is 0.396 e. The van der Waals surface area contributed by atoms with Crippen LogP contribution in [0, 0.1) is 11.6 Å². The minimum absolute atomic E-state index is 0.0370. The van der Waals surface area contributed by atoms with E-state index in [0.29, 0.717) is 11.3 Å². The second-order valence-corrected chi connectivity index (χ2v) is 12.3. The SMILES string of the molecule is CN(C(=O)c1cc(-c2cccc3ccccc23)nc2ccccc12)C1CCC(n2cc(-c3cc(F)c(Br)c(F)c3N)nn2)CC1. The number of nitrogens with two attached hydrogens (primary N) is 1. The van der Waals surface area contributed by atoms with Gasteiger partial charge in [-0.1, -0.05) is 65.9 Å². The molecular weight excluding hydrogens is 638 g/mol. The monoisotopic (exact) mass is 666 g/mol. The predicted molar refractivity (Wildman–Crippen MR) is 176 cm³/mol. The second kappa shape index (κ2) is 11.7. The van der Waals surface area contributed by atoms with Crippen LogP contribution in [-0.2, 0) is 0 Å². The van der Waals surface area contributed by atoms with E-state index in [1.807, 2.05) is 66.5 Å². The topological polar surface area (TPSA) is 89.9 Å². The lowest BCUT2D eigenvalue weighted by atomic mass is 9.90. The molecule has 0 bridgehead atoms. The molecule has 1 amide bonds. The highest BCUT2D eigenvalue weighted by molar-refractivity contribution is 9.10. The number of hydrogen-bond donors (Lipinski definition) is 1. The van der Waals surface area contributed by atoms with Gasteiger partial charge in [-0.15, -0.1) is 5.10 Å². The molecule has 0 spiro atoms. The van der Waals surface area contributed by atoms with Crippen molar-refractivity contribution in [3.63, 3.8) is 0 Å². The van der Waals surface area contributed by atoms with Crippen LogP contribution in [-0.4, -0.2) is 43.9 Å². The number of aromatic nitrogens is 4. The Hall–Kier alpha value is -4.70. The van der Waals surface area contributed by atoms with Crippen molar-refractivity contribution in [3.8, 4) is 22.5 Å². The summed E-state index contributed by atoms with van der Waals surface area (Å²) in [5, 5.41) is 11.4. The van der Waals surface area contributed by atoms with E-state index in [1.54, 1.807) is 10.9 Å². The Labute approximate surface area is 266 Å². The van der Waals surface area contributed by atoms with Crippen molar-refractivity contribution in [1.29, 1.82) is 0 Å². The van der Waals surface area contributed by atoms with E-state index in [-0.39, 0.29) is 33.7 Å². The van der Waals surface area contributed by atoms with Crippen LogP contribution in [0.25, 0.3) is 44.2 Å². The van der Waals surface area contributed by atoms with E-state index in [9.17, 15) is 13.6 Å². The number of fused-ring (bicyclic) bond motifs is 2. The Morgan fingerprint density at radius 1 is 0.911 bits per heavy atom. The molecule has 1 aliphatic rings. The van der Waals surface area contributed by atoms with Gasteiger partial charge in [0.15, 0.2) is 5.82 Å². The first-order chi connectivity index (χ1) is 21.8. The first-order valence-corrected chi connectivity index (χ1v) is 15.6. The molecule has 10 heteroatoms. The van der Waals surface area contributed by atoms with E-state index in [0.717, 1.165) is 64.7 Å². The maximum atomic E-state index is 14.4. The number of hydrogen-bond acceptors (Lipinski definition) is 5. The predicted octanol–water partition coefficient (Wildman–Crippen LogP) is 8.19. The molecule has 0 saturated heterocycles. The molecule has 1 aliphatic carbocycles. The third kappa shape index (κ3) is 5.22. The Morgan fingerprint density at radius 2 is 1.62 bits per heavy atom. The maximum absolute atomic E-state index is 14.4. The normalized spacial score (nSPS) is 16.7. The minimum Gasteiger partial charge on any atom is -0.396 e. The van der Waals surface area contributed by atoms with Crippen LogP contribution in [0.15, 0.2) is 89.5 Å². The van der Waals surface area contributed by atoms with E-state index < -0.39 is 11.6 Å². The molecule has 226 valence electrons. The van der Waals surface area contributed by atoms with Crippen LogP contribution in [0.1, 0.15) is 42.1 Å². The molecule has 0 aliphatic heterocycles. The Balaban J connectivity index is 1.12. The van der Waals surface area contributed by atoms with Crippen molar-refractivity contribution in [2.75, 3.05) is 12.8 Å². The van der Waals surface area contributed by atoms with Crippen molar-refractivity contribution < 1.29 is 13.6 Å². The van der Waals surface area contributed by atoms with Crippen molar-refractivity contribution in [3.05, 3.63) is 107 Å². The summed E-state index contributed by atoms with van der Waals surface area (Å²) >= 11 is 2.88. The highest BCUT2D eigenvalue weighted by Crippen LogP contribution is 2.36. The van der Waals surface area contributed by atoms with Gasteiger partial charge in [0, 0.05) is 29.6 Å². The molecule has 4 aromatic carbocycles. The van der Waals surface area contributed by atoms with E-state index >= 15 is 0 Å². The summed E-state index contributed by atoms with van der Waals surface area (Å²) < 4.78 is 30.0. The summed E-state index contributed by atoms with van der Waals surface area (Å²) in [4.78, 5) is 20.9. The van der Waals surface area contributed by atoms with Crippen LogP contribution < -0.4 is 5.73 Å². The average molecular weight is 668 g/mol. The van der Waals surface area contributed by atoms with Gasteiger partial charge < -0.3 is 10.6 Å². The minimum atomic E-state index is -0.862. The summed E-state index contributed by atoms with van der Waals surface area (Å²) in [7, 11) is 1.87. The van der Waals surface area contributed by atoms with Gasteiger partial charge in [0.1, 0.15) is 11.5 Å². The Kier molecular flexibility index (Phi) is 7.53. The van der Waals surface area contributed by atoms with Gasteiger partial charge in [0.25, 0.3) is 5.91 Å². The number of para-hydroxylation sites is 1. The highest BCUT2D eigenvalue weighted by Gasteiger charge is 2.30. The fraction of sp³-hybridized carbons (Fsp3) is 0.200. The van der Waals surface area contributed by atoms with Gasteiger partial charge >= 0.3 is 0 Å². The smallest absolute Gasteiger partial charge is 0.254 e. The lowest BCUT2D eigenvalue weighted by molar-refractivity contribution is 0.0677. The summed E-state index contributed by atoms with van der Waals surface area (Å²) in [6, 6.07) is 25.2. The zero-order valence-corrected chi connectivity index (χ0v) is 26.0. The van der Waals surface area contributed by atoms with Gasteiger partial charge in [0.2, 0.25) is 0 Å². The molecule has 2 N–H and O–H groups in total. The van der Waals surface area contributed by atoms with Crippen molar-refractivity contribution >= 4 is 49.2 Å². The summed E-state index contributed by atoms with van der Waals surface area (Å²) in [6.45, 7) is 0. The van der Waals surface area contributed by atoms with Gasteiger partial charge in [-0.05, 0) is 70.6 Å². The van der Waals surface area contributed by atoms with Gasteiger partial charge in [-0.25, -0.2) is 18.4 Å². The lowest BCUT2D eigenvalue weighted by Crippen LogP contribution is -2.40. The summed E-state index contributed by atoms with van der Waals surface area (Å²) in [5.41, 5.74) is 9.33. The first-order valence-electron chi connectivity index (χ1n) is 14.8. The maximum Gasteiger partial charge on any atom is 0.254 e. The van der Waals surface area contributed by atoms with Crippen LogP contribution in [0.3, 0.4) is 0 Å². The number of nitrogens with zero attached hydrogens (tertiary/aromatic N) is 5. The lowest BCUT2D eigenvalue weighted by Gasteiger charge is -2.34. The molecule has 2 aromatic heterocycles. The van der Waals surface area contributed by atoms with E-state index in [2.05, 4.69) is 44.4 Å². The van der Waals surface area contributed by atoms with Crippen LogP contribution in [0.2, 0.25) is 0 Å². The molecule has 7 rings (SSSR count). The third-order valence-corrected chi connectivity index (χ3v) is 9.63. The van der Waals surface area contributed by atoms with Gasteiger partial charge in [0.05, 0.1) is 39.2 Å². The summed E-state index contributed by atoms with van der Waals surface area (Å²) in [6.07, 6.45) is 4.75. The molecule has 1 fully saturated rings. The van der Waals surface area contributed by atoms with E-state index in [4.69, 9.17) is 10.7 Å². The number of rotatable bonds is 5. The Morgan fingerprint density at radius 3 is 2.42 bits per heavy atom. The molecule has 0 unspecified atom stereocenters. The number of amides is 1. The first kappa shape index (κ1) is 29.0. The van der Waals surface area contributed by atoms with Crippen molar-refractivity contribution in [2.45, 2.75) is 37.8 Å². The third-order valence-electron chi connectivity index (χ3n) is 8.91. The van der Waals surface area contributed by atoms with Gasteiger partial charge in [-0.2, -0.15) is 0 Å². The Bertz CT molecular complexity index is 2080. The quantitative estimate of drug-likeness (QED) is 0.148. The molecule has 1 saturated carbocycles. The van der Waals surface area contributed by atoms with E-state index in [1.165, 1.54) is 0 Å². The van der Waals surface area contributed by atoms with Crippen molar-refractivity contribution in [2.24, 2.45) is 0 Å². The molecular formula is C35H29BrF2N6O. The zero-order chi connectivity index (χ0) is 31.2. The van der Waals surface area contributed by atoms with Crippen LogP contribution >= 0.6 is 15.9 Å². The zero-order valence-electron chi connectivity index (χ0n) is 24.4. The molecule has 0 radical (unpaired) electrons. The van der Waals surface area contributed by atoms with Crippen molar-refractivity contribution in [1.82, 2.24) is 24.9 Å². The number of halogens is 3. The number of carbonyl (C=O) groups excluding carboxylic acids is 1. The van der Waals surface area contributed by atoms with Crippen LogP contribution in [0.4, 0.5) is 14.5 Å². The average Bonchev–Trinajstić information content (AvgIpc) is 3.58. The fourth-order valence-electron chi connectivity index (χ4n) is 6.40. The van der Waals surface area contributed by atoms with Crippen LogP contribution in [0.5, 0.6) is 0 Å². The molecule has 45 heavy (non-hydrogen) atoms. The number of nitrogen functional groups attached to an aromatic ring is 1. The summed E-state index contributed by atoms with van der Waals surface area (Å²) in [5.74, 6) is -1.67. The number of carbonyl (C=O) groups is 1. The number of pyridine rings is 1. The molecule has 2 heterocycles. The second-order valence-electron chi connectivity index (χ2n) is 11.5. The number of benzene rings is 4. The van der Waals surface area contributed by atoms with Gasteiger partial charge in [-0.3, -0.25) is 4.79 Å². The highest BCUT2D eigenvalue weighted by atomic mass is 79.9. The number of anilines is 1.